The van der Waals surface area contributed by atoms with Gasteiger partial charge in [0.05, 0.1) is 22.8 Å². The first-order chi connectivity index (χ1) is 21.1. The van der Waals surface area contributed by atoms with Gasteiger partial charge in [-0.15, -0.1) is 0 Å². The van der Waals surface area contributed by atoms with E-state index in [1.165, 1.54) is 22.3 Å². The molecule has 10 nitrogen and oxygen atoms in total. The molecule has 0 unspecified atom stereocenters. The molecule has 8 N–H and O–H groups in total. The number of carbonyl (C=O) groups excluding carboxylic acids is 2. The summed E-state index contributed by atoms with van der Waals surface area (Å²) in [6, 6.07) is 8.39. The topological polar surface area (TPSA) is 168 Å². The second-order valence-electron chi connectivity index (χ2n) is 11.5. The van der Waals surface area contributed by atoms with Gasteiger partial charge in [0, 0.05) is 34.9 Å². The summed E-state index contributed by atoms with van der Waals surface area (Å²) in [5.74, 6) is 10.3. The molecule has 0 spiro atoms. The number of rotatable bonds is 8. The van der Waals surface area contributed by atoms with Gasteiger partial charge in [0.25, 0.3) is 0 Å². The first-order valence-corrected chi connectivity index (χ1v) is 15.2. The first-order valence-electron chi connectivity index (χ1n) is 15.2. The van der Waals surface area contributed by atoms with Crippen molar-refractivity contribution in [1.82, 2.24) is 30.8 Å². The minimum absolute atomic E-state index is 0.230. The SMILES string of the molecule is CCc1c(C)c2cc3[nH]c(cc4nc(cc5nc(cc1[nH]2)C(C)=C5CCC(=O)NN)C(CCC(=O)NN)=C4C)c(C)c3CC. The molecule has 44 heavy (non-hydrogen) atoms. The molecule has 5 heterocycles. The van der Waals surface area contributed by atoms with Crippen LogP contribution in [0.4, 0.5) is 0 Å². The van der Waals surface area contributed by atoms with Gasteiger partial charge in [-0.05, 0) is 122 Å². The van der Waals surface area contributed by atoms with Gasteiger partial charge in [-0.25, -0.2) is 21.7 Å². The molecule has 8 bridgehead atoms. The van der Waals surface area contributed by atoms with Crippen LogP contribution in [-0.4, -0.2) is 31.8 Å². The van der Waals surface area contributed by atoms with Crippen LogP contribution >= 0.6 is 0 Å². The van der Waals surface area contributed by atoms with E-state index in [0.717, 1.165) is 80.0 Å². The molecular weight excluding hydrogens is 552 g/mol. The lowest BCUT2D eigenvalue weighted by molar-refractivity contribution is -0.121. The standard InChI is InChI=1S/C34H42N8O2/c1-7-21-17(3)25-13-26-19(5)23(9-11-33(43)41-35)31(39-26)16-32-24(10-12-34(44)42-36)20(6)28(40-32)15-30-22(8-2)18(4)27(38-30)14-29(21)37-25/h13-16,37-38H,7-12,35-36H2,1-6H3,(H,41,43)(H,42,44). The van der Waals surface area contributed by atoms with Crippen molar-refractivity contribution in [1.29, 1.82) is 0 Å². The lowest BCUT2D eigenvalue weighted by atomic mass is 9.98. The minimum Gasteiger partial charge on any atom is -0.355 e. The number of amides is 2. The van der Waals surface area contributed by atoms with E-state index in [1.54, 1.807) is 0 Å². The zero-order valence-electron chi connectivity index (χ0n) is 26.4. The summed E-state index contributed by atoms with van der Waals surface area (Å²) < 4.78 is 0. The van der Waals surface area contributed by atoms with Crippen LogP contribution in [0.3, 0.4) is 0 Å². The molecule has 230 valence electrons. The summed E-state index contributed by atoms with van der Waals surface area (Å²) in [7, 11) is 0. The predicted octanol–water partition coefficient (Wildman–Crippen LogP) is 5.46. The van der Waals surface area contributed by atoms with Crippen molar-refractivity contribution in [2.75, 3.05) is 0 Å². The Balaban J connectivity index is 1.88. The van der Waals surface area contributed by atoms with E-state index in [4.69, 9.17) is 21.7 Å². The van der Waals surface area contributed by atoms with E-state index in [2.05, 4.69) is 66.7 Å². The largest absolute Gasteiger partial charge is 0.355 e. The van der Waals surface area contributed by atoms with E-state index in [1.807, 2.05) is 19.9 Å². The maximum Gasteiger partial charge on any atom is 0.234 e. The lowest BCUT2D eigenvalue weighted by Crippen LogP contribution is -2.29. The number of hydrazine groups is 2. The number of aromatic nitrogens is 4. The molecule has 0 saturated heterocycles. The highest BCUT2D eigenvalue weighted by Gasteiger charge is 2.23. The molecule has 10 heteroatoms. The van der Waals surface area contributed by atoms with E-state index >= 15 is 0 Å². The molecule has 2 amide bonds. The third-order valence-electron chi connectivity index (χ3n) is 9.03. The molecule has 0 aromatic carbocycles. The third kappa shape index (κ3) is 5.70. The highest BCUT2D eigenvalue weighted by atomic mass is 16.2. The number of allylic oxidation sites excluding steroid dienone is 4. The summed E-state index contributed by atoms with van der Waals surface area (Å²) in [5, 5.41) is 0. The minimum atomic E-state index is -0.242. The Labute approximate surface area is 257 Å². The Morgan fingerprint density at radius 1 is 0.636 bits per heavy atom. The fourth-order valence-corrected chi connectivity index (χ4v) is 6.38. The number of hydrogen-bond acceptors (Lipinski definition) is 6. The van der Waals surface area contributed by atoms with Gasteiger partial charge in [-0.2, -0.15) is 0 Å². The number of fused-ring (bicyclic) bond motifs is 8. The number of nitrogens with two attached hydrogens (primary N) is 2. The van der Waals surface area contributed by atoms with Crippen LogP contribution in [0.5, 0.6) is 0 Å². The molecule has 0 atom stereocenters. The number of H-pyrrole nitrogens is 2. The van der Waals surface area contributed by atoms with Crippen LogP contribution < -0.4 is 22.5 Å². The average Bonchev–Trinajstić information content (AvgIpc) is 3.67. The second kappa shape index (κ2) is 12.6. The Bertz CT molecular complexity index is 1890. The number of nitrogens with one attached hydrogen (secondary N) is 4. The van der Waals surface area contributed by atoms with Crippen molar-refractivity contribution in [2.45, 2.75) is 80.1 Å². The van der Waals surface area contributed by atoms with Crippen LogP contribution in [0, 0.1) is 13.8 Å². The van der Waals surface area contributed by atoms with Crippen molar-refractivity contribution in [3.8, 4) is 0 Å². The van der Waals surface area contributed by atoms with Crippen molar-refractivity contribution in [2.24, 2.45) is 11.7 Å². The zero-order chi connectivity index (χ0) is 31.7. The maximum atomic E-state index is 12.2. The lowest BCUT2D eigenvalue weighted by Gasteiger charge is -2.06. The van der Waals surface area contributed by atoms with Gasteiger partial charge in [0.15, 0.2) is 0 Å². The predicted molar refractivity (Wildman–Crippen MR) is 177 cm³/mol. The molecule has 0 aliphatic carbocycles. The number of nitrogens with zero attached hydrogens (tertiary/aromatic N) is 2. The summed E-state index contributed by atoms with van der Waals surface area (Å²) in [5.41, 5.74) is 20.6. The van der Waals surface area contributed by atoms with Gasteiger partial charge in [0.2, 0.25) is 11.8 Å². The molecule has 2 aliphatic rings. The highest BCUT2D eigenvalue weighted by molar-refractivity contribution is 5.97. The third-order valence-corrected chi connectivity index (χ3v) is 9.03. The molecule has 5 rings (SSSR count). The quantitative estimate of drug-likeness (QED) is 0.115. The number of hydrogen-bond donors (Lipinski definition) is 6. The Morgan fingerprint density at radius 3 is 1.48 bits per heavy atom. The second-order valence-corrected chi connectivity index (χ2v) is 11.5. The van der Waals surface area contributed by atoms with Gasteiger partial charge in [-0.1, -0.05) is 13.8 Å². The monoisotopic (exact) mass is 594 g/mol. The maximum absolute atomic E-state index is 12.2. The van der Waals surface area contributed by atoms with Crippen LogP contribution in [0.25, 0.3) is 44.4 Å². The van der Waals surface area contributed by atoms with Gasteiger partial charge in [-0.3, -0.25) is 20.4 Å². The molecule has 3 aromatic heterocycles. The fourth-order valence-electron chi connectivity index (χ4n) is 6.38. The van der Waals surface area contributed by atoms with Gasteiger partial charge in [0.1, 0.15) is 0 Å². The summed E-state index contributed by atoms with van der Waals surface area (Å²) in [6.07, 6.45) is 3.16. The van der Waals surface area contributed by atoms with Crippen molar-refractivity contribution >= 4 is 56.2 Å². The Hall–Kier alpha value is -4.54. The molecule has 2 aliphatic heterocycles. The summed E-state index contributed by atoms with van der Waals surface area (Å²) >= 11 is 0. The summed E-state index contributed by atoms with van der Waals surface area (Å²) in [6.45, 7) is 12.7. The van der Waals surface area contributed by atoms with E-state index < -0.39 is 0 Å². The van der Waals surface area contributed by atoms with Crippen LogP contribution in [0.1, 0.15) is 98.4 Å². The fraction of sp³-hybridized carbons (Fsp3) is 0.353. The van der Waals surface area contributed by atoms with Gasteiger partial charge >= 0.3 is 0 Å². The number of aromatic amines is 2. The van der Waals surface area contributed by atoms with E-state index in [-0.39, 0.29) is 24.7 Å². The van der Waals surface area contributed by atoms with Crippen LogP contribution in [-0.2, 0) is 22.4 Å². The van der Waals surface area contributed by atoms with Crippen molar-refractivity contribution < 1.29 is 9.59 Å². The van der Waals surface area contributed by atoms with Crippen LogP contribution in [0.2, 0.25) is 0 Å². The van der Waals surface area contributed by atoms with Gasteiger partial charge < -0.3 is 9.97 Å². The van der Waals surface area contributed by atoms with Crippen LogP contribution in [0.15, 0.2) is 24.3 Å². The average molecular weight is 595 g/mol. The Kier molecular flexibility index (Phi) is 8.85. The normalized spacial score (nSPS) is 13.1. The molecule has 0 fully saturated rings. The smallest absolute Gasteiger partial charge is 0.234 e. The number of aryl methyl sites for hydroxylation is 4. The molecule has 3 aromatic rings. The number of carbonyl (C=O) groups is 2. The molecule has 0 radical (unpaired) electrons. The van der Waals surface area contributed by atoms with E-state index in [0.29, 0.717) is 12.8 Å². The molecule has 0 saturated carbocycles. The van der Waals surface area contributed by atoms with Crippen molar-refractivity contribution in [3.05, 3.63) is 69.3 Å². The summed E-state index contributed by atoms with van der Waals surface area (Å²) in [4.78, 5) is 41.8. The first kappa shape index (κ1) is 30.9. The molecular formula is C34H42N8O2. The van der Waals surface area contributed by atoms with E-state index in [9.17, 15) is 9.59 Å². The Morgan fingerprint density at radius 2 is 1.05 bits per heavy atom. The highest BCUT2D eigenvalue weighted by Crippen LogP contribution is 2.38. The van der Waals surface area contributed by atoms with Crippen molar-refractivity contribution in [3.63, 3.8) is 0 Å². The zero-order valence-corrected chi connectivity index (χ0v) is 26.4.